The van der Waals surface area contributed by atoms with Crippen molar-refractivity contribution in [2.75, 3.05) is 80.3 Å². The number of esters is 3. The van der Waals surface area contributed by atoms with Gasteiger partial charge < -0.3 is 43.4 Å². The summed E-state index contributed by atoms with van der Waals surface area (Å²) in [6.45, 7) is 1.12. The third-order valence-electron chi connectivity index (χ3n) is 11.2. The molecule has 2 saturated heterocycles. The van der Waals surface area contributed by atoms with E-state index >= 15 is 0 Å². The number of fused-ring (bicyclic) bond motifs is 1. The molecular formula is C43H68N10O20. The predicted octanol–water partition coefficient (Wildman–Crippen LogP) is -3.20. The Balaban J connectivity index is 1.54. The maximum Gasteiger partial charge on any atom is 0.337 e. The van der Waals surface area contributed by atoms with E-state index in [-0.39, 0.29) is 33.9 Å². The van der Waals surface area contributed by atoms with Gasteiger partial charge in [-0.25, -0.2) is 65.8 Å². The number of rotatable bonds is 33. The summed E-state index contributed by atoms with van der Waals surface area (Å²) in [7, 11) is 0.947. The highest BCUT2D eigenvalue weighted by atomic mass is 16.6. The predicted molar refractivity (Wildman–Crippen MR) is 249 cm³/mol. The number of urea groups is 2. The monoisotopic (exact) mass is 1040 g/mol. The molecule has 2 unspecified atom stereocenters. The largest absolute Gasteiger partial charge is 0.468 e. The third kappa shape index (κ3) is 15.3. The SMILES string of the molecule is CCCCOCN1C(=O)N(COCCCC)C2C1N(COCCCC)C(=O)N2COCCn1c(=O)n(CCO)c(=O)n(CCOC(=O)Cn2c(=O)n(CC(=O)OC)c(=O)n(CC(=O)OCC(C)(C)O)c2=O)c1=O. The van der Waals surface area contributed by atoms with Crippen LogP contribution < -0.4 is 34.1 Å². The van der Waals surface area contributed by atoms with Crippen LogP contribution in [0.2, 0.25) is 0 Å². The van der Waals surface area contributed by atoms with Crippen LogP contribution in [-0.2, 0) is 86.8 Å². The Bertz CT molecular complexity index is 2580. The van der Waals surface area contributed by atoms with E-state index < -0.39 is 154 Å². The lowest BCUT2D eigenvalue weighted by Gasteiger charge is -2.29. The number of amides is 4. The van der Waals surface area contributed by atoms with Crippen molar-refractivity contribution in [1.29, 1.82) is 0 Å². The van der Waals surface area contributed by atoms with Gasteiger partial charge in [0.25, 0.3) is 0 Å². The van der Waals surface area contributed by atoms with Gasteiger partial charge in [-0.2, -0.15) is 0 Å². The Labute approximate surface area is 417 Å². The summed E-state index contributed by atoms with van der Waals surface area (Å²) >= 11 is 0. The molecule has 4 heterocycles. The molecule has 0 aliphatic carbocycles. The molecule has 4 amide bonds. The first-order chi connectivity index (χ1) is 34.8. The second-order valence-corrected chi connectivity index (χ2v) is 17.4. The van der Waals surface area contributed by atoms with Crippen molar-refractivity contribution in [3.8, 4) is 0 Å². The Morgan fingerprint density at radius 3 is 1.16 bits per heavy atom. The topological polar surface area (TPSA) is 335 Å². The number of carbonyl (C=O) groups excluding carboxylic acids is 5. The second kappa shape index (κ2) is 28.1. The van der Waals surface area contributed by atoms with Crippen LogP contribution in [0.15, 0.2) is 28.8 Å². The van der Waals surface area contributed by atoms with E-state index in [1.54, 1.807) is 0 Å². The van der Waals surface area contributed by atoms with Gasteiger partial charge in [0.2, 0.25) is 0 Å². The quantitative estimate of drug-likeness (QED) is 0.0404. The molecule has 0 saturated carbocycles. The zero-order chi connectivity index (χ0) is 54.0. The fraction of sp³-hybridized carbons (Fsp3) is 0.744. The Kier molecular flexibility index (Phi) is 22.8. The van der Waals surface area contributed by atoms with Gasteiger partial charge >= 0.3 is 64.1 Å². The number of carbonyl (C=O) groups is 5. The number of methoxy groups -OCH3 is 1. The molecule has 2 fully saturated rings. The molecule has 2 aliphatic heterocycles. The molecule has 2 N–H and O–H groups in total. The minimum Gasteiger partial charge on any atom is -0.468 e. The maximum atomic E-state index is 14.1. The number of hydrogen-bond donors (Lipinski definition) is 2. The van der Waals surface area contributed by atoms with Crippen molar-refractivity contribution < 1.29 is 67.3 Å². The van der Waals surface area contributed by atoms with Gasteiger partial charge in [-0.15, -0.1) is 0 Å². The van der Waals surface area contributed by atoms with Gasteiger partial charge in [-0.05, 0) is 33.1 Å². The van der Waals surface area contributed by atoms with E-state index in [0.717, 1.165) is 45.6 Å². The fourth-order valence-electron chi connectivity index (χ4n) is 7.33. The first-order valence-electron chi connectivity index (χ1n) is 23.8. The summed E-state index contributed by atoms with van der Waals surface area (Å²) in [6.07, 6.45) is 2.90. The minimum atomic E-state index is -1.50. The van der Waals surface area contributed by atoms with Crippen LogP contribution in [-0.4, -0.2) is 185 Å². The first-order valence-corrected chi connectivity index (χ1v) is 23.8. The number of aliphatic hydroxyl groups is 2. The Morgan fingerprint density at radius 2 is 0.808 bits per heavy atom. The lowest BCUT2D eigenvalue weighted by Crippen LogP contribution is -2.56. The van der Waals surface area contributed by atoms with E-state index in [1.807, 2.05) is 20.8 Å². The summed E-state index contributed by atoms with van der Waals surface area (Å²) in [6, 6.07) is -1.01. The zero-order valence-corrected chi connectivity index (χ0v) is 42.1. The van der Waals surface area contributed by atoms with Crippen LogP contribution >= 0.6 is 0 Å². The molecular weight excluding hydrogens is 977 g/mol. The molecule has 30 heteroatoms. The summed E-state index contributed by atoms with van der Waals surface area (Å²) in [5.74, 6) is -3.65. The van der Waals surface area contributed by atoms with Crippen molar-refractivity contribution in [3.05, 3.63) is 62.9 Å². The van der Waals surface area contributed by atoms with Crippen LogP contribution in [0.1, 0.15) is 73.1 Å². The lowest BCUT2D eigenvalue weighted by molar-refractivity contribution is -0.150. The minimum absolute atomic E-state index is 0.127. The number of aromatic nitrogens is 6. The molecule has 2 aliphatic rings. The lowest BCUT2D eigenvalue weighted by atomic mass is 10.2. The molecule has 30 nitrogen and oxygen atoms in total. The zero-order valence-electron chi connectivity index (χ0n) is 42.1. The number of hydrogen-bond acceptors (Lipinski definition) is 20. The summed E-state index contributed by atoms with van der Waals surface area (Å²) < 4.78 is 40.2. The van der Waals surface area contributed by atoms with Gasteiger partial charge in [-0.1, -0.05) is 40.0 Å². The molecule has 0 bridgehead atoms. The summed E-state index contributed by atoms with van der Waals surface area (Å²) in [4.78, 5) is 152. The normalized spacial score (nSPS) is 15.7. The molecule has 0 spiro atoms. The van der Waals surface area contributed by atoms with Gasteiger partial charge in [0, 0.05) is 19.8 Å². The summed E-state index contributed by atoms with van der Waals surface area (Å²) in [5.41, 5.74) is -9.43. The maximum absolute atomic E-state index is 14.1. The van der Waals surface area contributed by atoms with Gasteiger partial charge in [0.1, 0.15) is 59.8 Å². The van der Waals surface area contributed by atoms with Crippen molar-refractivity contribution in [2.45, 2.75) is 130 Å². The molecule has 2 aromatic rings. The number of nitrogens with zero attached hydrogens (tertiary/aromatic N) is 10. The first kappa shape index (κ1) is 59.1. The number of aliphatic hydroxyl groups excluding tert-OH is 1. The van der Waals surface area contributed by atoms with Crippen molar-refractivity contribution in [2.24, 2.45) is 0 Å². The number of ether oxygens (including phenoxy) is 7. The van der Waals surface area contributed by atoms with Gasteiger partial charge in [0.15, 0.2) is 12.3 Å². The smallest absolute Gasteiger partial charge is 0.337 e. The standard InChI is InChI=1S/C43H68N10O20/c1-7-10-17-68-26-50-33-34(52(41(50)64)28-70-19-12-9-3)53(42(65)51(33)27-69-18-11-8-2)29-71-20-14-45-35(58)44(13-16-54)36(59)46(37(45)60)15-21-72-31(56)23-48-38(61)47(22-30(55)67-6)39(62)49(40(48)63)24-32(57)73-25-43(4,5)66/h33-34,54,66H,7-29H2,1-6H3. The molecule has 2 atom stereocenters. The molecule has 73 heavy (non-hydrogen) atoms. The van der Waals surface area contributed by atoms with Crippen LogP contribution in [0.3, 0.4) is 0 Å². The van der Waals surface area contributed by atoms with Crippen LogP contribution in [0.5, 0.6) is 0 Å². The van der Waals surface area contributed by atoms with Crippen LogP contribution in [0.25, 0.3) is 0 Å². The highest BCUT2D eigenvalue weighted by Crippen LogP contribution is 2.35. The molecule has 0 radical (unpaired) electrons. The molecule has 0 aromatic carbocycles. The molecule has 2 aromatic heterocycles. The highest BCUT2D eigenvalue weighted by molar-refractivity contribution is 5.85. The highest BCUT2D eigenvalue weighted by Gasteiger charge is 2.59. The van der Waals surface area contributed by atoms with Crippen LogP contribution in [0, 0.1) is 0 Å². The second-order valence-electron chi connectivity index (χ2n) is 17.4. The average molecular weight is 1050 g/mol. The van der Waals surface area contributed by atoms with E-state index in [0.29, 0.717) is 33.5 Å². The van der Waals surface area contributed by atoms with Gasteiger partial charge in [0.05, 0.1) is 45.6 Å². The molecule has 4 rings (SSSR count). The van der Waals surface area contributed by atoms with E-state index in [9.17, 15) is 63.0 Å². The van der Waals surface area contributed by atoms with E-state index in [4.69, 9.17) is 28.4 Å². The summed E-state index contributed by atoms with van der Waals surface area (Å²) in [5, 5.41) is 19.6. The van der Waals surface area contributed by atoms with Crippen LogP contribution in [0.4, 0.5) is 9.59 Å². The average Bonchev–Trinajstić information content (AvgIpc) is 3.77. The Hall–Kier alpha value is -6.47. The number of unbranched alkanes of at least 4 members (excludes halogenated alkanes) is 3. The Morgan fingerprint density at radius 1 is 0.479 bits per heavy atom. The van der Waals surface area contributed by atoms with Crippen molar-refractivity contribution in [3.63, 3.8) is 0 Å². The third-order valence-corrected chi connectivity index (χ3v) is 11.2. The van der Waals surface area contributed by atoms with E-state index in [2.05, 4.69) is 4.74 Å². The van der Waals surface area contributed by atoms with Crippen molar-refractivity contribution in [1.82, 2.24) is 47.0 Å². The fourth-order valence-corrected chi connectivity index (χ4v) is 7.33. The molecule has 410 valence electrons. The van der Waals surface area contributed by atoms with E-state index in [1.165, 1.54) is 33.4 Å². The van der Waals surface area contributed by atoms with Gasteiger partial charge in [-0.3, -0.25) is 34.0 Å². The van der Waals surface area contributed by atoms with Crippen molar-refractivity contribution >= 4 is 30.0 Å².